The number of benzene rings is 1. The predicted molar refractivity (Wildman–Crippen MR) is 69.9 cm³/mol. The number of rotatable bonds is 2. The number of nitrogens with zero attached hydrogens (tertiary/aromatic N) is 2. The first kappa shape index (κ1) is 10.6. The number of hydrogen-bond acceptors (Lipinski definition) is 4. The average molecular weight is 297 g/mol. The Morgan fingerprint density at radius 1 is 1.47 bits per heavy atom. The summed E-state index contributed by atoms with van der Waals surface area (Å²) < 4.78 is 0.876. The van der Waals surface area contributed by atoms with Crippen LogP contribution < -0.4 is 0 Å². The molecule has 0 saturated carbocycles. The van der Waals surface area contributed by atoms with Crippen molar-refractivity contribution in [3.63, 3.8) is 0 Å². The molecule has 5 heteroatoms. The smallest absolute Gasteiger partial charge is 0.159 e. The fourth-order valence-corrected chi connectivity index (χ4v) is 2.30. The summed E-state index contributed by atoms with van der Waals surface area (Å²) in [6, 6.07) is 7.73. The number of thiocarbonyl (C=S) groups is 1. The monoisotopic (exact) mass is 296 g/mol. The normalized spacial score (nSPS) is 9.67. The summed E-state index contributed by atoms with van der Waals surface area (Å²) in [7, 11) is 0. The highest BCUT2D eigenvalue weighted by molar-refractivity contribution is 9.11. The highest BCUT2D eigenvalue weighted by Crippen LogP contribution is 2.27. The molecule has 2 nitrogen and oxygen atoms in total. The first-order valence-electron chi connectivity index (χ1n) is 4.09. The van der Waals surface area contributed by atoms with E-state index in [2.05, 4.69) is 43.3 Å². The molecule has 0 saturated heterocycles. The Kier molecular flexibility index (Phi) is 3.38. The molecule has 0 aliphatic heterocycles. The lowest BCUT2D eigenvalue weighted by atomic mass is 10.1. The second-order valence-corrected chi connectivity index (χ2v) is 5.06. The first-order chi connectivity index (χ1) is 7.29. The number of hydrogen-bond donors (Lipinski definition) is 0. The highest BCUT2D eigenvalue weighted by atomic mass is 79.9. The molecule has 0 aliphatic carbocycles. The number of isothiocyanates is 1. The number of aliphatic imine (C=N–C) groups is 1. The molecule has 1 aromatic carbocycles. The molecule has 2 rings (SSSR count). The van der Waals surface area contributed by atoms with Crippen LogP contribution in [-0.4, -0.2) is 10.1 Å². The van der Waals surface area contributed by atoms with Crippen molar-refractivity contribution in [1.29, 1.82) is 0 Å². The molecule has 0 N–H and O–H groups in total. The van der Waals surface area contributed by atoms with E-state index >= 15 is 0 Å². The van der Waals surface area contributed by atoms with Gasteiger partial charge in [-0.15, -0.1) is 11.3 Å². The highest BCUT2D eigenvalue weighted by Gasteiger charge is 2.02. The molecular formula is C10H5BrN2S2. The van der Waals surface area contributed by atoms with E-state index in [0.29, 0.717) is 0 Å². The van der Waals surface area contributed by atoms with E-state index in [9.17, 15) is 0 Å². The summed E-state index contributed by atoms with van der Waals surface area (Å²) in [6.07, 6.45) is 0. The third kappa shape index (κ3) is 2.58. The second kappa shape index (κ2) is 4.77. The number of aromatic nitrogens is 1. The van der Waals surface area contributed by atoms with Gasteiger partial charge in [0.05, 0.1) is 16.5 Å². The lowest BCUT2D eigenvalue weighted by Gasteiger charge is -1.96. The van der Waals surface area contributed by atoms with Crippen LogP contribution in [0.5, 0.6) is 0 Å². The fourth-order valence-electron chi connectivity index (χ4n) is 1.17. The first-order valence-corrected chi connectivity index (χ1v) is 6.17. The van der Waals surface area contributed by atoms with Crippen LogP contribution in [0.3, 0.4) is 0 Å². The van der Waals surface area contributed by atoms with Crippen molar-refractivity contribution in [3.8, 4) is 11.3 Å². The predicted octanol–water partition coefficient (Wildman–Crippen LogP) is 4.31. The van der Waals surface area contributed by atoms with Gasteiger partial charge in [-0.25, -0.2) is 4.98 Å². The van der Waals surface area contributed by atoms with Crippen LogP contribution in [0.4, 0.5) is 5.69 Å². The van der Waals surface area contributed by atoms with Crippen LogP contribution in [0.1, 0.15) is 0 Å². The van der Waals surface area contributed by atoms with E-state index in [-0.39, 0.29) is 0 Å². The van der Waals surface area contributed by atoms with Gasteiger partial charge in [0.25, 0.3) is 0 Å². The minimum Gasteiger partial charge on any atom is -0.229 e. The van der Waals surface area contributed by atoms with Crippen molar-refractivity contribution >= 4 is 50.3 Å². The van der Waals surface area contributed by atoms with Crippen molar-refractivity contribution < 1.29 is 0 Å². The Morgan fingerprint density at radius 2 is 2.33 bits per heavy atom. The Balaban J connectivity index is 2.44. The summed E-state index contributed by atoms with van der Waals surface area (Å²) in [5, 5.41) is 4.34. The van der Waals surface area contributed by atoms with Crippen LogP contribution in [-0.2, 0) is 0 Å². The van der Waals surface area contributed by atoms with Crippen LogP contribution >= 0.6 is 39.5 Å². The van der Waals surface area contributed by atoms with E-state index in [0.717, 1.165) is 20.9 Å². The zero-order valence-corrected chi connectivity index (χ0v) is 10.7. The molecule has 0 bridgehead atoms. The molecule has 0 spiro atoms. The zero-order valence-electron chi connectivity index (χ0n) is 7.48. The lowest BCUT2D eigenvalue weighted by Crippen LogP contribution is -1.76. The van der Waals surface area contributed by atoms with Crippen LogP contribution in [0.2, 0.25) is 0 Å². The summed E-state index contributed by atoms with van der Waals surface area (Å²) in [6.45, 7) is 0. The molecule has 1 aromatic heterocycles. The third-order valence-corrected chi connectivity index (χ3v) is 3.25. The van der Waals surface area contributed by atoms with Gasteiger partial charge in [-0.1, -0.05) is 12.1 Å². The zero-order chi connectivity index (χ0) is 10.7. The molecule has 0 fully saturated rings. The Labute approximate surface area is 105 Å². The molecule has 2 aromatic rings. The van der Waals surface area contributed by atoms with E-state index < -0.39 is 0 Å². The van der Waals surface area contributed by atoms with Crippen molar-refractivity contribution in [1.82, 2.24) is 4.98 Å². The molecule has 1 heterocycles. The number of halogens is 1. The third-order valence-electron chi connectivity index (χ3n) is 1.79. The molecule has 15 heavy (non-hydrogen) atoms. The van der Waals surface area contributed by atoms with E-state index in [1.807, 2.05) is 29.6 Å². The van der Waals surface area contributed by atoms with Gasteiger partial charge in [0, 0.05) is 10.9 Å². The summed E-state index contributed by atoms with van der Waals surface area (Å²) >= 11 is 9.45. The molecular weight excluding hydrogens is 292 g/mol. The van der Waals surface area contributed by atoms with E-state index in [4.69, 9.17) is 0 Å². The molecule has 74 valence electrons. The quantitative estimate of drug-likeness (QED) is 0.609. The van der Waals surface area contributed by atoms with Crippen LogP contribution in [0.25, 0.3) is 11.3 Å². The van der Waals surface area contributed by atoms with Gasteiger partial charge >= 0.3 is 0 Å². The minimum atomic E-state index is 0.798. The minimum absolute atomic E-state index is 0.798. The van der Waals surface area contributed by atoms with Crippen LogP contribution in [0, 0.1) is 0 Å². The molecule has 0 radical (unpaired) electrons. The molecule has 0 amide bonds. The largest absolute Gasteiger partial charge is 0.229 e. The van der Waals surface area contributed by atoms with Gasteiger partial charge in [0.15, 0.2) is 3.92 Å². The Morgan fingerprint density at radius 3 is 3.00 bits per heavy atom. The van der Waals surface area contributed by atoms with Crippen molar-refractivity contribution in [2.45, 2.75) is 0 Å². The van der Waals surface area contributed by atoms with Crippen molar-refractivity contribution in [2.24, 2.45) is 4.99 Å². The van der Waals surface area contributed by atoms with Gasteiger partial charge in [0.1, 0.15) is 0 Å². The van der Waals surface area contributed by atoms with Gasteiger partial charge in [-0.2, -0.15) is 4.99 Å². The Hall–Kier alpha value is -0.870. The van der Waals surface area contributed by atoms with Gasteiger partial charge < -0.3 is 0 Å². The average Bonchev–Trinajstić information content (AvgIpc) is 2.66. The molecule has 0 atom stereocenters. The standard InChI is InChI=1S/C10H5BrN2S2/c11-10-13-9(5-15-10)7-2-1-3-8(4-7)12-6-14/h1-5H. The SMILES string of the molecule is S=C=Nc1cccc(-c2csc(Br)n2)c1. The second-order valence-electron chi connectivity index (χ2n) is 2.74. The van der Waals surface area contributed by atoms with Crippen molar-refractivity contribution in [2.75, 3.05) is 0 Å². The maximum Gasteiger partial charge on any atom is 0.159 e. The number of thiazole rings is 1. The maximum absolute atomic E-state index is 4.56. The lowest BCUT2D eigenvalue weighted by molar-refractivity contribution is 1.37. The van der Waals surface area contributed by atoms with Gasteiger partial charge in [-0.05, 0) is 40.3 Å². The van der Waals surface area contributed by atoms with E-state index in [1.54, 1.807) is 11.3 Å². The summed E-state index contributed by atoms with van der Waals surface area (Å²) in [5.41, 5.74) is 2.77. The summed E-state index contributed by atoms with van der Waals surface area (Å²) in [5.74, 6) is 0. The maximum atomic E-state index is 4.56. The Bertz CT molecular complexity index is 530. The van der Waals surface area contributed by atoms with Crippen LogP contribution in [0.15, 0.2) is 38.6 Å². The van der Waals surface area contributed by atoms with E-state index in [1.165, 1.54) is 0 Å². The molecule has 0 aliphatic rings. The van der Waals surface area contributed by atoms with Gasteiger partial charge in [-0.3, -0.25) is 0 Å². The summed E-state index contributed by atoms with van der Waals surface area (Å²) in [4.78, 5) is 8.26. The molecule has 0 unspecified atom stereocenters. The topological polar surface area (TPSA) is 25.2 Å². The van der Waals surface area contributed by atoms with Crippen molar-refractivity contribution in [3.05, 3.63) is 33.6 Å². The van der Waals surface area contributed by atoms with Gasteiger partial charge in [0.2, 0.25) is 0 Å². The fraction of sp³-hybridized carbons (Fsp3) is 0.